The van der Waals surface area contributed by atoms with Crippen LogP contribution in [0.15, 0.2) is 66.7 Å². The summed E-state index contributed by atoms with van der Waals surface area (Å²) >= 11 is 16.2. The molecule has 0 heterocycles. The summed E-state index contributed by atoms with van der Waals surface area (Å²) in [5.41, 5.74) is 6.66. The molecule has 0 aliphatic carbocycles. The van der Waals surface area contributed by atoms with Gasteiger partial charge in [-0.15, -0.1) is 0 Å². The Bertz CT molecular complexity index is 1130. The maximum absolute atomic E-state index is 12.9. The molecule has 37 heavy (non-hydrogen) atoms. The normalized spacial score (nSPS) is 9.73. The molecule has 0 atom stereocenters. The number of aryl methyl sites for hydroxylation is 3. The molecular formula is C27H22Cl3F6N. The average molecular weight is 581 g/mol. The van der Waals surface area contributed by atoms with Crippen molar-refractivity contribution in [3.05, 3.63) is 133 Å². The van der Waals surface area contributed by atoms with Crippen LogP contribution in [-0.4, -0.2) is 0 Å². The lowest BCUT2D eigenvalue weighted by molar-refractivity contribution is 0.584. The lowest BCUT2D eigenvalue weighted by atomic mass is 10.1. The van der Waals surface area contributed by atoms with Crippen molar-refractivity contribution in [1.29, 1.82) is 0 Å². The Balaban J connectivity index is 0.000000247. The van der Waals surface area contributed by atoms with Crippen molar-refractivity contribution >= 4 is 40.5 Å². The number of rotatable bonds is 0. The highest BCUT2D eigenvalue weighted by atomic mass is 35.5. The average Bonchev–Trinajstić information content (AvgIpc) is 2.86. The van der Waals surface area contributed by atoms with E-state index in [0.29, 0.717) is 5.56 Å². The zero-order chi connectivity index (χ0) is 28.3. The highest BCUT2D eigenvalue weighted by Gasteiger charge is 2.04. The Labute approximate surface area is 226 Å². The summed E-state index contributed by atoms with van der Waals surface area (Å²) in [7, 11) is 0. The highest BCUT2D eigenvalue weighted by molar-refractivity contribution is 6.32. The predicted molar refractivity (Wildman–Crippen MR) is 139 cm³/mol. The van der Waals surface area contributed by atoms with Gasteiger partial charge in [-0.1, -0.05) is 71.2 Å². The molecule has 0 aromatic heterocycles. The van der Waals surface area contributed by atoms with Gasteiger partial charge in [0.2, 0.25) is 0 Å². The first-order valence-electron chi connectivity index (χ1n) is 10.4. The first kappa shape index (κ1) is 32.2. The summed E-state index contributed by atoms with van der Waals surface area (Å²) in [6, 6.07) is 15.2. The minimum Gasteiger partial charge on any atom is -0.394 e. The largest absolute Gasteiger partial charge is 0.394 e. The molecule has 0 amide bonds. The smallest absolute Gasteiger partial charge is 0.149 e. The zero-order valence-electron chi connectivity index (χ0n) is 19.8. The minimum atomic E-state index is -0.725. The maximum atomic E-state index is 12.9. The van der Waals surface area contributed by atoms with Crippen molar-refractivity contribution in [3.8, 4) is 0 Å². The third-order valence-corrected chi connectivity index (χ3v) is 5.82. The Kier molecular flexibility index (Phi) is 13.4. The molecule has 4 rings (SSSR count). The summed E-state index contributed by atoms with van der Waals surface area (Å²) in [5, 5.41) is 0.00926. The quantitative estimate of drug-likeness (QED) is 0.125. The van der Waals surface area contributed by atoms with E-state index in [1.807, 2.05) is 0 Å². The Hall–Kier alpha value is -2.87. The van der Waals surface area contributed by atoms with Crippen LogP contribution in [0, 0.1) is 55.7 Å². The van der Waals surface area contributed by atoms with E-state index >= 15 is 0 Å². The number of hydrogen-bond donors (Lipinski definition) is 1. The van der Waals surface area contributed by atoms with Gasteiger partial charge < -0.3 is 5.73 Å². The fraction of sp³-hybridized carbons (Fsp3) is 0.111. The van der Waals surface area contributed by atoms with Crippen LogP contribution >= 0.6 is 34.8 Å². The number of nitrogen functional groups attached to an aromatic ring is 1. The fourth-order valence-corrected chi connectivity index (χ4v) is 2.81. The van der Waals surface area contributed by atoms with Crippen molar-refractivity contribution in [2.75, 3.05) is 5.73 Å². The molecule has 4 aromatic carbocycles. The third kappa shape index (κ3) is 10.2. The van der Waals surface area contributed by atoms with Crippen molar-refractivity contribution in [2.45, 2.75) is 20.8 Å². The van der Waals surface area contributed by atoms with E-state index in [4.69, 9.17) is 40.5 Å². The van der Waals surface area contributed by atoms with Crippen LogP contribution in [-0.2, 0) is 0 Å². The minimum absolute atomic E-state index is 0.220. The number of para-hydroxylation sites is 1. The molecule has 0 saturated carbocycles. The van der Waals surface area contributed by atoms with Crippen LogP contribution in [0.4, 0.5) is 32.0 Å². The van der Waals surface area contributed by atoms with Crippen LogP contribution < -0.4 is 5.73 Å². The summed E-state index contributed by atoms with van der Waals surface area (Å²) < 4.78 is 74.2. The van der Waals surface area contributed by atoms with Crippen molar-refractivity contribution < 1.29 is 26.3 Å². The Morgan fingerprint density at radius 3 is 1.16 bits per heavy atom. The molecule has 10 heteroatoms. The van der Waals surface area contributed by atoms with E-state index in [2.05, 4.69) is 0 Å². The van der Waals surface area contributed by atoms with Gasteiger partial charge in [0, 0.05) is 0 Å². The topological polar surface area (TPSA) is 26.0 Å². The van der Waals surface area contributed by atoms with Gasteiger partial charge >= 0.3 is 0 Å². The van der Waals surface area contributed by atoms with Crippen LogP contribution in [0.2, 0.25) is 15.1 Å². The number of nitrogens with two attached hydrogens (primary N) is 1. The Morgan fingerprint density at radius 2 is 0.811 bits per heavy atom. The second-order valence-electron chi connectivity index (χ2n) is 7.37. The highest BCUT2D eigenvalue weighted by Crippen LogP contribution is 2.21. The lowest BCUT2D eigenvalue weighted by Crippen LogP contribution is -1.93. The SMILES string of the molecule is Cc1ccc(C)c(Cl)c1F.Cc1cccc(F)c1Cl.Fc1cccc(F)c1Cl.Nc1c(F)cccc1F. The van der Waals surface area contributed by atoms with E-state index in [1.165, 1.54) is 18.2 Å². The van der Waals surface area contributed by atoms with Gasteiger partial charge in [-0.25, -0.2) is 26.3 Å². The van der Waals surface area contributed by atoms with Crippen LogP contribution in [0.1, 0.15) is 16.7 Å². The van der Waals surface area contributed by atoms with Crippen LogP contribution in [0.5, 0.6) is 0 Å². The first-order chi connectivity index (χ1) is 17.3. The van der Waals surface area contributed by atoms with Crippen molar-refractivity contribution in [2.24, 2.45) is 0 Å². The van der Waals surface area contributed by atoms with Gasteiger partial charge in [0.15, 0.2) is 0 Å². The third-order valence-electron chi connectivity index (χ3n) is 4.52. The fourth-order valence-electron chi connectivity index (χ4n) is 2.34. The molecule has 0 radical (unpaired) electrons. The van der Waals surface area contributed by atoms with Gasteiger partial charge in [0.05, 0.1) is 10.0 Å². The lowest BCUT2D eigenvalue weighted by Gasteiger charge is -2.00. The summed E-state index contributed by atoms with van der Waals surface area (Å²) in [4.78, 5) is 0. The molecule has 0 spiro atoms. The molecule has 0 unspecified atom stereocenters. The molecule has 1 nitrogen and oxygen atoms in total. The molecule has 0 fully saturated rings. The zero-order valence-corrected chi connectivity index (χ0v) is 22.1. The summed E-state index contributed by atoms with van der Waals surface area (Å²) in [6.07, 6.45) is 0. The van der Waals surface area contributed by atoms with E-state index in [1.54, 1.807) is 45.0 Å². The van der Waals surface area contributed by atoms with E-state index < -0.39 is 34.0 Å². The molecule has 4 aromatic rings. The number of anilines is 1. The van der Waals surface area contributed by atoms with Crippen LogP contribution in [0.25, 0.3) is 0 Å². The van der Waals surface area contributed by atoms with Gasteiger partial charge in [0.25, 0.3) is 0 Å². The van der Waals surface area contributed by atoms with Gasteiger partial charge in [0.1, 0.15) is 45.6 Å². The second-order valence-corrected chi connectivity index (χ2v) is 8.50. The van der Waals surface area contributed by atoms with E-state index in [0.717, 1.165) is 35.4 Å². The molecule has 2 N–H and O–H groups in total. The van der Waals surface area contributed by atoms with Crippen LogP contribution in [0.3, 0.4) is 0 Å². The molecule has 0 bridgehead atoms. The van der Waals surface area contributed by atoms with Crippen molar-refractivity contribution in [3.63, 3.8) is 0 Å². The van der Waals surface area contributed by atoms with Gasteiger partial charge in [-0.2, -0.15) is 0 Å². The summed E-state index contributed by atoms with van der Waals surface area (Å²) in [5.74, 6) is -3.53. The Morgan fingerprint density at radius 1 is 0.459 bits per heavy atom. The van der Waals surface area contributed by atoms with Gasteiger partial charge in [-0.05, 0) is 67.8 Å². The summed E-state index contributed by atoms with van der Waals surface area (Å²) in [6.45, 7) is 5.25. The monoisotopic (exact) mass is 579 g/mol. The van der Waals surface area contributed by atoms with E-state index in [9.17, 15) is 26.3 Å². The van der Waals surface area contributed by atoms with Crippen molar-refractivity contribution in [1.82, 2.24) is 0 Å². The number of hydrogen-bond acceptors (Lipinski definition) is 1. The molecule has 0 aliphatic rings. The van der Waals surface area contributed by atoms with E-state index in [-0.39, 0.29) is 21.7 Å². The molecule has 198 valence electrons. The first-order valence-corrected chi connectivity index (χ1v) is 11.5. The number of halogens is 9. The number of benzene rings is 4. The second kappa shape index (κ2) is 15.4. The molecule has 0 saturated heterocycles. The standard InChI is InChI=1S/C8H8ClF.C7H6ClF.C6H3ClF2.C6H5F2N/c1-5-3-4-6(2)8(10)7(5)9;1-5-3-2-4-6(9)7(5)8;7-6-4(8)2-1-3-5(6)9;7-4-2-1-3-5(8)6(4)9/h3-4H,1-2H3;2-4H,1H3;1-3H;1-3H,9H2. The molecule has 0 aliphatic heterocycles. The molecular weight excluding hydrogens is 559 g/mol. The maximum Gasteiger partial charge on any atom is 0.149 e. The predicted octanol–water partition coefficient (Wildman–Crippen LogP) is 10.0. The van der Waals surface area contributed by atoms with Gasteiger partial charge in [-0.3, -0.25) is 0 Å².